The van der Waals surface area contributed by atoms with Crippen LogP contribution >= 0.6 is 0 Å². The monoisotopic (exact) mass is 188 g/mol. The van der Waals surface area contributed by atoms with E-state index < -0.39 is 0 Å². The lowest BCUT2D eigenvalue weighted by atomic mass is 9.88. The van der Waals surface area contributed by atoms with Crippen LogP contribution in [0.5, 0.6) is 5.75 Å². The summed E-state index contributed by atoms with van der Waals surface area (Å²) in [6.07, 6.45) is 6.75. The predicted molar refractivity (Wildman–Crippen MR) is 53.0 cm³/mol. The fourth-order valence-electron chi connectivity index (χ4n) is 2.32. The molecule has 0 amide bonds. The largest absolute Gasteiger partial charge is 0.508 e. The second kappa shape index (κ2) is 2.61. The SMILES string of the molecule is Oc1ccc(C23C=CC(CC2)O3)cc1. The number of fused-ring (bicyclic) bond motifs is 2. The molecule has 2 bridgehead atoms. The van der Waals surface area contributed by atoms with Crippen LogP contribution in [0.2, 0.25) is 0 Å². The minimum absolute atomic E-state index is 0.196. The number of phenolic OH excluding ortho intramolecular Hbond substituents is 1. The minimum Gasteiger partial charge on any atom is -0.508 e. The van der Waals surface area contributed by atoms with Crippen molar-refractivity contribution in [3.63, 3.8) is 0 Å². The maximum absolute atomic E-state index is 9.21. The average molecular weight is 188 g/mol. The van der Waals surface area contributed by atoms with Gasteiger partial charge in [-0.15, -0.1) is 0 Å². The first kappa shape index (κ1) is 8.06. The van der Waals surface area contributed by atoms with E-state index in [4.69, 9.17) is 4.74 Å². The first-order valence-corrected chi connectivity index (χ1v) is 4.95. The number of hydrogen-bond acceptors (Lipinski definition) is 2. The van der Waals surface area contributed by atoms with Gasteiger partial charge in [0.25, 0.3) is 0 Å². The summed E-state index contributed by atoms with van der Waals surface area (Å²) in [4.78, 5) is 0. The third-order valence-corrected chi connectivity index (χ3v) is 3.10. The predicted octanol–water partition coefficient (Wildman–Crippen LogP) is 2.34. The Balaban J connectivity index is 2.02. The second-order valence-corrected chi connectivity index (χ2v) is 3.99. The van der Waals surface area contributed by atoms with Crippen LogP contribution in [0.15, 0.2) is 36.4 Å². The van der Waals surface area contributed by atoms with Gasteiger partial charge in [-0.05, 0) is 36.6 Å². The molecule has 0 aromatic heterocycles. The van der Waals surface area contributed by atoms with Crippen molar-refractivity contribution in [2.24, 2.45) is 0 Å². The summed E-state index contributed by atoms with van der Waals surface area (Å²) in [6, 6.07) is 7.31. The van der Waals surface area contributed by atoms with Gasteiger partial charge in [0, 0.05) is 0 Å². The van der Waals surface area contributed by atoms with Gasteiger partial charge < -0.3 is 9.84 Å². The summed E-state index contributed by atoms with van der Waals surface area (Å²) < 4.78 is 5.89. The molecule has 1 fully saturated rings. The molecular weight excluding hydrogens is 176 g/mol. The van der Waals surface area contributed by atoms with Crippen LogP contribution in [-0.2, 0) is 10.3 Å². The highest BCUT2D eigenvalue weighted by atomic mass is 16.5. The summed E-state index contributed by atoms with van der Waals surface area (Å²) in [5.74, 6) is 0.307. The van der Waals surface area contributed by atoms with Crippen LogP contribution in [0, 0.1) is 0 Å². The number of benzene rings is 1. The Morgan fingerprint density at radius 1 is 1.29 bits per heavy atom. The molecule has 3 rings (SSSR count). The molecule has 0 saturated carbocycles. The van der Waals surface area contributed by atoms with Crippen LogP contribution in [0.3, 0.4) is 0 Å². The van der Waals surface area contributed by atoms with E-state index in [0.29, 0.717) is 11.9 Å². The summed E-state index contributed by atoms with van der Waals surface area (Å²) >= 11 is 0. The number of ether oxygens (including phenoxy) is 1. The third-order valence-electron chi connectivity index (χ3n) is 3.10. The molecule has 2 heteroatoms. The first-order chi connectivity index (χ1) is 6.78. The van der Waals surface area contributed by atoms with Crippen molar-refractivity contribution in [1.82, 2.24) is 0 Å². The molecule has 2 nitrogen and oxygen atoms in total. The standard InChI is InChI=1S/C12H12O2/c13-10-3-1-9(2-4-10)12-7-5-11(14-12)6-8-12/h1-5,7,11,13H,6,8H2. The van der Waals surface area contributed by atoms with Gasteiger partial charge in [-0.1, -0.05) is 18.2 Å². The van der Waals surface area contributed by atoms with Gasteiger partial charge in [0.1, 0.15) is 11.4 Å². The van der Waals surface area contributed by atoms with Crippen molar-refractivity contribution >= 4 is 0 Å². The first-order valence-electron chi connectivity index (χ1n) is 4.95. The van der Waals surface area contributed by atoms with Crippen LogP contribution in [0.25, 0.3) is 0 Å². The summed E-state index contributed by atoms with van der Waals surface area (Å²) in [5.41, 5.74) is 0.949. The molecule has 1 saturated heterocycles. The Kier molecular flexibility index (Phi) is 1.50. The molecule has 0 aliphatic carbocycles. The fraction of sp³-hybridized carbons (Fsp3) is 0.333. The van der Waals surface area contributed by atoms with Crippen molar-refractivity contribution in [1.29, 1.82) is 0 Å². The molecule has 2 aliphatic rings. The molecule has 1 aromatic rings. The lowest BCUT2D eigenvalue weighted by molar-refractivity contribution is 0.0296. The fourth-order valence-corrected chi connectivity index (χ4v) is 2.32. The molecule has 2 aliphatic heterocycles. The molecule has 14 heavy (non-hydrogen) atoms. The highest BCUT2D eigenvalue weighted by Gasteiger charge is 2.42. The Hall–Kier alpha value is -1.28. The Morgan fingerprint density at radius 3 is 2.57 bits per heavy atom. The van der Waals surface area contributed by atoms with Gasteiger partial charge in [0.15, 0.2) is 0 Å². The second-order valence-electron chi connectivity index (χ2n) is 3.99. The van der Waals surface area contributed by atoms with Crippen LogP contribution in [-0.4, -0.2) is 11.2 Å². The Labute approximate surface area is 82.8 Å². The molecule has 0 radical (unpaired) electrons. The van der Waals surface area contributed by atoms with Crippen LogP contribution < -0.4 is 0 Å². The van der Waals surface area contributed by atoms with E-state index in [1.54, 1.807) is 12.1 Å². The topological polar surface area (TPSA) is 29.5 Å². The zero-order valence-corrected chi connectivity index (χ0v) is 7.81. The zero-order chi connectivity index (χ0) is 9.60. The average Bonchev–Trinajstić information content (AvgIpc) is 2.79. The summed E-state index contributed by atoms with van der Waals surface area (Å²) in [5, 5.41) is 9.21. The van der Waals surface area contributed by atoms with Crippen molar-refractivity contribution in [3.05, 3.63) is 42.0 Å². The number of rotatable bonds is 1. The lowest BCUT2D eigenvalue weighted by Crippen LogP contribution is -2.19. The van der Waals surface area contributed by atoms with E-state index in [-0.39, 0.29) is 5.60 Å². The van der Waals surface area contributed by atoms with E-state index in [1.807, 2.05) is 12.1 Å². The van der Waals surface area contributed by atoms with Crippen molar-refractivity contribution in [2.75, 3.05) is 0 Å². The van der Waals surface area contributed by atoms with Gasteiger partial charge in [0.05, 0.1) is 6.10 Å². The van der Waals surface area contributed by atoms with E-state index in [9.17, 15) is 5.11 Å². The third kappa shape index (κ3) is 1.01. The van der Waals surface area contributed by atoms with E-state index in [0.717, 1.165) is 18.4 Å². The van der Waals surface area contributed by atoms with Crippen LogP contribution in [0.1, 0.15) is 18.4 Å². The highest BCUT2D eigenvalue weighted by Crippen LogP contribution is 2.45. The molecule has 2 atom stereocenters. The van der Waals surface area contributed by atoms with Gasteiger partial charge in [-0.3, -0.25) is 0 Å². The molecule has 2 heterocycles. The number of aromatic hydroxyl groups is 1. The molecule has 72 valence electrons. The molecule has 2 unspecified atom stereocenters. The minimum atomic E-state index is -0.196. The van der Waals surface area contributed by atoms with Gasteiger partial charge in [-0.25, -0.2) is 0 Å². The smallest absolute Gasteiger partial charge is 0.115 e. The molecule has 1 aromatic carbocycles. The molecule has 1 N–H and O–H groups in total. The van der Waals surface area contributed by atoms with Gasteiger partial charge in [0.2, 0.25) is 0 Å². The van der Waals surface area contributed by atoms with Gasteiger partial charge >= 0.3 is 0 Å². The maximum Gasteiger partial charge on any atom is 0.115 e. The number of hydrogen-bond donors (Lipinski definition) is 1. The van der Waals surface area contributed by atoms with Crippen molar-refractivity contribution < 1.29 is 9.84 Å². The van der Waals surface area contributed by atoms with E-state index in [1.165, 1.54) is 0 Å². The van der Waals surface area contributed by atoms with Crippen molar-refractivity contribution in [3.8, 4) is 5.75 Å². The van der Waals surface area contributed by atoms with Crippen molar-refractivity contribution in [2.45, 2.75) is 24.5 Å². The quantitative estimate of drug-likeness (QED) is 0.685. The normalized spacial score (nSPS) is 33.9. The highest BCUT2D eigenvalue weighted by molar-refractivity contribution is 5.36. The summed E-state index contributed by atoms with van der Waals surface area (Å²) in [6.45, 7) is 0. The van der Waals surface area contributed by atoms with E-state index in [2.05, 4.69) is 12.2 Å². The van der Waals surface area contributed by atoms with Crippen LogP contribution in [0.4, 0.5) is 0 Å². The lowest BCUT2D eigenvalue weighted by Gasteiger charge is -2.22. The summed E-state index contributed by atoms with van der Waals surface area (Å²) in [7, 11) is 0. The number of phenols is 1. The van der Waals surface area contributed by atoms with E-state index >= 15 is 0 Å². The zero-order valence-electron chi connectivity index (χ0n) is 7.81. The Morgan fingerprint density at radius 2 is 2.07 bits per heavy atom. The molecule has 0 spiro atoms. The van der Waals surface area contributed by atoms with Gasteiger partial charge in [-0.2, -0.15) is 0 Å². The molecular formula is C12H12O2. The Bertz CT molecular complexity index is 380. The maximum atomic E-state index is 9.21.